The molecule has 4 aromatic heterocycles. The van der Waals surface area contributed by atoms with Gasteiger partial charge in [0.1, 0.15) is 11.5 Å². The molecule has 0 radical (unpaired) electrons. The van der Waals surface area contributed by atoms with Crippen LogP contribution >= 0.6 is 0 Å². The molecule has 1 saturated heterocycles. The zero-order valence-electron chi connectivity index (χ0n) is 42.3. The molecule has 5 heterocycles. The van der Waals surface area contributed by atoms with Gasteiger partial charge in [-0.25, -0.2) is 9.97 Å². The Hall–Kier alpha value is -6.36. The first-order chi connectivity index (χ1) is 34.9. The Bertz CT molecular complexity index is 2620. The summed E-state index contributed by atoms with van der Waals surface area (Å²) in [6.45, 7) is 15.9. The van der Waals surface area contributed by atoms with Crippen LogP contribution in [0.15, 0.2) is 53.6 Å². The molecule has 388 valence electrons. The monoisotopic (exact) mass is 995 g/mol. The number of ether oxygens (including phenoxy) is 5. The Kier molecular flexibility index (Phi) is 20.0. The third kappa shape index (κ3) is 15.1. The van der Waals surface area contributed by atoms with Gasteiger partial charge in [-0.3, -0.25) is 33.3 Å². The Morgan fingerprint density at radius 2 is 1.40 bits per heavy atom. The van der Waals surface area contributed by atoms with Crippen LogP contribution in [0.4, 0.5) is 29.0 Å². The third-order valence-electron chi connectivity index (χ3n) is 12.8. The molecule has 7 rings (SSSR count). The van der Waals surface area contributed by atoms with Gasteiger partial charge in [0.15, 0.2) is 11.6 Å². The molecule has 0 spiro atoms. The highest BCUT2D eigenvalue weighted by molar-refractivity contribution is 6.05. The highest BCUT2D eigenvalue weighted by Gasteiger charge is 2.26. The van der Waals surface area contributed by atoms with Crippen molar-refractivity contribution in [2.24, 2.45) is 7.05 Å². The molecule has 2 amide bonds. The van der Waals surface area contributed by atoms with E-state index in [-0.39, 0.29) is 34.8 Å². The van der Waals surface area contributed by atoms with Crippen molar-refractivity contribution in [1.29, 1.82) is 0 Å². The SMILES string of the molecule is CC(=O)c1c(C)c2cnc(Nc3ccc(N4CCN(CC(=O)NCCOCCOCCOCCOCCOCCNc5ccc(C(=O)Nc6cc(C)n(C)n6)c(C)c5)CC4)cn3)nc2n(C2CCCC2)c1=O. The summed E-state index contributed by atoms with van der Waals surface area (Å²) >= 11 is 0. The minimum Gasteiger partial charge on any atom is -0.383 e. The van der Waals surface area contributed by atoms with Crippen molar-refractivity contribution >= 4 is 57.6 Å². The number of rotatable bonds is 28. The van der Waals surface area contributed by atoms with Crippen LogP contribution < -0.4 is 31.7 Å². The molecule has 21 heteroatoms. The largest absolute Gasteiger partial charge is 0.383 e. The van der Waals surface area contributed by atoms with E-state index in [2.05, 4.69) is 46.1 Å². The van der Waals surface area contributed by atoms with E-state index in [0.29, 0.717) is 125 Å². The van der Waals surface area contributed by atoms with Crippen molar-refractivity contribution in [1.82, 2.24) is 39.5 Å². The number of pyridine rings is 2. The molecule has 0 atom stereocenters. The number of anilines is 5. The van der Waals surface area contributed by atoms with Gasteiger partial charge in [0.25, 0.3) is 11.5 Å². The molecule has 1 aromatic carbocycles. The summed E-state index contributed by atoms with van der Waals surface area (Å²) in [4.78, 5) is 69.6. The summed E-state index contributed by atoms with van der Waals surface area (Å²) < 4.78 is 31.4. The summed E-state index contributed by atoms with van der Waals surface area (Å²) in [6, 6.07) is 11.3. The lowest BCUT2D eigenvalue weighted by Crippen LogP contribution is -2.49. The highest BCUT2D eigenvalue weighted by atomic mass is 16.6. The molecule has 1 saturated carbocycles. The minimum absolute atomic E-state index is 0.000728. The molecule has 1 aliphatic carbocycles. The van der Waals surface area contributed by atoms with Gasteiger partial charge in [0, 0.05) is 87.0 Å². The Balaban J connectivity index is 0.660. The van der Waals surface area contributed by atoms with E-state index in [0.717, 1.165) is 74.5 Å². The first kappa shape index (κ1) is 53.4. The number of ketones is 1. The van der Waals surface area contributed by atoms with Crippen LogP contribution in [0.5, 0.6) is 0 Å². The molecular formula is C51H70N12O9. The molecule has 5 aromatic rings. The van der Waals surface area contributed by atoms with Crippen LogP contribution in [0.1, 0.15) is 76.2 Å². The number of hydrogen-bond donors (Lipinski definition) is 4. The number of carbonyl (C=O) groups excluding carboxylic acids is 3. The van der Waals surface area contributed by atoms with Gasteiger partial charge < -0.3 is 49.9 Å². The van der Waals surface area contributed by atoms with E-state index in [1.54, 1.807) is 28.4 Å². The second-order valence-corrected chi connectivity index (χ2v) is 18.0. The Labute approximate surface area is 420 Å². The van der Waals surface area contributed by atoms with E-state index >= 15 is 0 Å². The number of fused-ring (bicyclic) bond motifs is 1. The molecule has 4 N–H and O–H groups in total. The maximum atomic E-state index is 13.6. The summed E-state index contributed by atoms with van der Waals surface area (Å²) in [5.41, 5.74) is 5.36. The first-order valence-corrected chi connectivity index (χ1v) is 24.9. The van der Waals surface area contributed by atoms with Crippen LogP contribution in [0.2, 0.25) is 0 Å². The number of benzene rings is 1. The summed E-state index contributed by atoms with van der Waals surface area (Å²) in [6.07, 6.45) is 7.30. The van der Waals surface area contributed by atoms with Crippen LogP contribution in [0.3, 0.4) is 0 Å². The first-order valence-electron chi connectivity index (χ1n) is 24.9. The Morgan fingerprint density at radius 1 is 0.750 bits per heavy atom. The van der Waals surface area contributed by atoms with Gasteiger partial charge in [-0.15, -0.1) is 0 Å². The number of aryl methyl sites for hydroxylation is 4. The molecule has 21 nitrogen and oxygen atoms in total. The maximum absolute atomic E-state index is 13.6. The molecule has 1 aliphatic heterocycles. The maximum Gasteiger partial charge on any atom is 0.263 e. The van der Waals surface area contributed by atoms with Crippen molar-refractivity contribution in [3.63, 3.8) is 0 Å². The van der Waals surface area contributed by atoms with E-state index in [1.165, 1.54) is 6.92 Å². The van der Waals surface area contributed by atoms with Crippen molar-refractivity contribution < 1.29 is 38.1 Å². The molecule has 0 unspecified atom stereocenters. The number of nitrogens with one attached hydrogen (secondary N) is 4. The summed E-state index contributed by atoms with van der Waals surface area (Å²) in [5.74, 6) is 0.940. The number of Topliss-reactive ketones (excluding diaryl/α,β-unsaturated/α-hetero) is 1. The fraction of sp³-hybridized carbons (Fsp3) is 0.529. The van der Waals surface area contributed by atoms with Crippen LogP contribution in [-0.2, 0) is 35.5 Å². The lowest BCUT2D eigenvalue weighted by Gasteiger charge is -2.35. The van der Waals surface area contributed by atoms with Crippen molar-refractivity contribution in [3.8, 4) is 0 Å². The minimum atomic E-state index is -0.284. The lowest BCUT2D eigenvalue weighted by molar-refractivity contribution is -0.122. The number of carbonyl (C=O) groups is 3. The quantitative estimate of drug-likeness (QED) is 0.0397. The number of nitrogens with zero attached hydrogens (tertiary/aromatic N) is 8. The summed E-state index contributed by atoms with van der Waals surface area (Å²) in [5, 5.41) is 17.3. The second-order valence-electron chi connectivity index (χ2n) is 18.0. The van der Waals surface area contributed by atoms with Crippen molar-refractivity contribution in [3.05, 3.63) is 87.1 Å². The second kappa shape index (κ2) is 26.9. The zero-order valence-corrected chi connectivity index (χ0v) is 42.3. The third-order valence-corrected chi connectivity index (χ3v) is 12.8. The fourth-order valence-corrected chi connectivity index (χ4v) is 8.84. The number of hydrogen-bond acceptors (Lipinski definition) is 17. The standard InChI is InChI=1S/C51H70N12O9/c1-35-30-39(10-12-42(35)49(66)56-45-31-36(2)60(5)59-45)52-14-20-68-22-24-70-26-28-72-29-27-71-25-23-69-21-15-53-46(65)34-61-16-18-62(19-17-61)41-11-13-44(54-32-41)57-51-55-33-43-37(3)47(38(4)64)50(67)63(48(43)58-51)40-8-6-7-9-40/h10-13,30-33,40,52H,6-9,14-29,34H2,1-5H3,(H,53,65)(H,56,59,66)(H,54,55,57,58). The molecule has 72 heavy (non-hydrogen) atoms. The van der Waals surface area contributed by atoms with Crippen molar-refractivity contribution in [2.75, 3.05) is 133 Å². The lowest BCUT2D eigenvalue weighted by atomic mass is 10.0. The highest BCUT2D eigenvalue weighted by Crippen LogP contribution is 2.32. The zero-order chi connectivity index (χ0) is 50.8. The molecule has 0 bridgehead atoms. The average molecular weight is 995 g/mol. The molecule has 2 aliphatic rings. The number of amides is 2. The van der Waals surface area contributed by atoms with Gasteiger partial charge in [0.05, 0.1) is 90.1 Å². The van der Waals surface area contributed by atoms with Crippen molar-refractivity contribution in [2.45, 2.75) is 59.4 Å². The van der Waals surface area contributed by atoms with Gasteiger partial charge >= 0.3 is 0 Å². The van der Waals surface area contributed by atoms with Gasteiger partial charge in [-0.1, -0.05) is 12.8 Å². The predicted octanol–water partition coefficient (Wildman–Crippen LogP) is 4.59. The van der Waals surface area contributed by atoms with E-state index in [4.69, 9.17) is 28.7 Å². The normalized spacial score (nSPS) is 14.3. The van der Waals surface area contributed by atoms with Crippen LogP contribution in [-0.4, -0.2) is 164 Å². The van der Waals surface area contributed by atoms with Crippen LogP contribution in [0.25, 0.3) is 11.0 Å². The van der Waals surface area contributed by atoms with Gasteiger partial charge in [-0.05, 0) is 82.0 Å². The van der Waals surface area contributed by atoms with Gasteiger partial charge in [-0.2, -0.15) is 10.1 Å². The van der Waals surface area contributed by atoms with Crippen LogP contribution in [0, 0.1) is 20.8 Å². The van der Waals surface area contributed by atoms with E-state index in [9.17, 15) is 19.2 Å². The van der Waals surface area contributed by atoms with Gasteiger partial charge in [0.2, 0.25) is 11.9 Å². The smallest absolute Gasteiger partial charge is 0.263 e. The van der Waals surface area contributed by atoms with E-state index in [1.807, 2.05) is 57.4 Å². The topological polar surface area (TPSA) is 230 Å². The predicted molar refractivity (Wildman–Crippen MR) is 275 cm³/mol. The molecule has 2 fully saturated rings. The number of piperazine rings is 1. The summed E-state index contributed by atoms with van der Waals surface area (Å²) in [7, 11) is 1.84. The number of aromatic nitrogens is 6. The van der Waals surface area contributed by atoms with E-state index < -0.39 is 0 Å². The molecular weight excluding hydrogens is 925 g/mol. The Morgan fingerprint density at radius 3 is 2.00 bits per heavy atom. The average Bonchev–Trinajstić information content (AvgIpc) is 4.01. The fourth-order valence-electron chi connectivity index (χ4n) is 8.84.